The first kappa shape index (κ1) is 27.4. The Balaban J connectivity index is 1.28. The van der Waals surface area contributed by atoms with Gasteiger partial charge in [0.1, 0.15) is 0 Å². The number of nitrogens with one attached hydrogen (secondary N) is 4. The number of anilines is 5. The second-order valence-corrected chi connectivity index (χ2v) is 10.4. The second-order valence-electron chi connectivity index (χ2n) is 10.4. The molecule has 2 aliphatic rings. The van der Waals surface area contributed by atoms with E-state index < -0.39 is 23.6 Å². The average molecular weight is 597 g/mol. The standard InChI is InChI=1S/C33H24N8O4/c42-27-23-13-11-21(15-25(23)29(44)36-27)34-31-38-32(35-22-12-14-24-26(16-22)30(45)37-28(24)43)40-33(39-31)41(17-19-7-3-1-4-8-19)18-20-9-5-2-6-10-20/h1-16H,17-18H2,(H,36,42,44)(H,37,43,45)(H2,34,35,38,39,40). The lowest BCUT2D eigenvalue weighted by molar-refractivity contribution is 0.0863. The van der Waals surface area contributed by atoms with E-state index in [9.17, 15) is 19.2 Å². The van der Waals surface area contributed by atoms with Gasteiger partial charge in [-0.15, -0.1) is 0 Å². The number of aromatic nitrogens is 3. The molecule has 0 bridgehead atoms. The number of amides is 4. The maximum atomic E-state index is 12.3. The minimum Gasteiger partial charge on any atom is -0.332 e. The van der Waals surface area contributed by atoms with E-state index >= 15 is 0 Å². The molecule has 0 saturated heterocycles. The maximum Gasteiger partial charge on any atom is 0.259 e. The molecule has 0 atom stereocenters. The summed E-state index contributed by atoms with van der Waals surface area (Å²) in [7, 11) is 0. The summed E-state index contributed by atoms with van der Waals surface area (Å²) >= 11 is 0. The van der Waals surface area contributed by atoms with Crippen LogP contribution in [0.4, 0.5) is 29.2 Å². The van der Waals surface area contributed by atoms with Crippen molar-refractivity contribution >= 4 is 52.8 Å². The van der Waals surface area contributed by atoms with Crippen LogP contribution in [0.1, 0.15) is 52.6 Å². The van der Waals surface area contributed by atoms with Crippen molar-refractivity contribution in [1.82, 2.24) is 25.6 Å². The summed E-state index contributed by atoms with van der Waals surface area (Å²) in [6, 6.07) is 29.4. The second kappa shape index (κ2) is 11.3. The molecular formula is C33H24N8O4. The van der Waals surface area contributed by atoms with Gasteiger partial charge >= 0.3 is 0 Å². The van der Waals surface area contributed by atoms with Gasteiger partial charge in [0.15, 0.2) is 0 Å². The van der Waals surface area contributed by atoms with Gasteiger partial charge in [-0.25, -0.2) is 0 Å². The molecule has 1 aromatic heterocycles. The van der Waals surface area contributed by atoms with E-state index in [4.69, 9.17) is 9.97 Å². The Hall–Kier alpha value is -6.43. The molecule has 45 heavy (non-hydrogen) atoms. The summed E-state index contributed by atoms with van der Waals surface area (Å²) in [5.41, 5.74) is 4.15. The van der Waals surface area contributed by atoms with Gasteiger partial charge in [-0.2, -0.15) is 15.0 Å². The smallest absolute Gasteiger partial charge is 0.259 e. The molecule has 0 aliphatic carbocycles. The summed E-state index contributed by atoms with van der Waals surface area (Å²) in [5.74, 6) is -1.15. The number of nitrogens with zero attached hydrogens (tertiary/aromatic N) is 4. The van der Waals surface area contributed by atoms with Crippen molar-refractivity contribution in [3.05, 3.63) is 130 Å². The Morgan fingerprint density at radius 1 is 0.511 bits per heavy atom. The predicted octanol–water partition coefficient (Wildman–Crippen LogP) is 4.33. The molecule has 2 aliphatic heterocycles. The fourth-order valence-corrected chi connectivity index (χ4v) is 5.17. The molecule has 0 fully saturated rings. The van der Waals surface area contributed by atoms with Crippen molar-refractivity contribution in [2.45, 2.75) is 13.1 Å². The van der Waals surface area contributed by atoms with Crippen LogP contribution in [0, 0.1) is 0 Å². The zero-order valence-electron chi connectivity index (χ0n) is 23.6. The van der Waals surface area contributed by atoms with Gasteiger partial charge in [-0.3, -0.25) is 29.8 Å². The summed E-state index contributed by atoms with van der Waals surface area (Å²) in [6.45, 7) is 0.974. The molecular weight excluding hydrogens is 572 g/mol. The van der Waals surface area contributed by atoms with E-state index in [1.54, 1.807) is 36.4 Å². The fourth-order valence-electron chi connectivity index (χ4n) is 5.17. The van der Waals surface area contributed by atoms with E-state index in [1.807, 2.05) is 65.6 Å². The lowest BCUT2D eigenvalue weighted by Gasteiger charge is -2.24. The first-order valence-electron chi connectivity index (χ1n) is 14.0. The Morgan fingerprint density at radius 2 is 0.933 bits per heavy atom. The minimum absolute atomic E-state index is 0.174. The molecule has 4 N–H and O–H groups in total. The summed E-state index contributed by atoms with van der Waals surface area (Å²) in [5, 5.41) is 10.9. The number of hydrogen-bond acceptors (Lipinski definition) is 10. The molecule has 4 amide bonds. The van der Waals surface area contributed by atoms with Crippen molar-refractivity contribution in [1.29, 1.82) is 0 Å². The van der Waals surface area contributed by atoms with Crippen LogP contribution in [0.25, 0.3) is 0 Å². The number of benzene rings is 4. The molecule has 5 aromatic rings. The first-order chi connectivity index (χ1) is 21.9. The van der Waals surface area contributed by atoms with Crippen molar-refractivity contribution in [2.24, 2.45) is 0 Å². The highest BCUT2D eigenvalue weighted by molar-refractivity contribution is 6.22. The monoisotopic (exact) mass is 596 g/mol. The third-order valence-electron chi connectivity index (χ3n) is 7.32. The molecule has 0 spiro atoms. The van der Waals surface area contributed by atoms with Gasteiger partial charge in [0.05, 0.1) is 22.3 Å². The molecule has 0 radical (unpaired) electrons. The quantitative estimate of drug-likeness (QED) is 0.181. The number of hydrogen-bond donors (Lipinski definition) is 4. The highest BCUT2D eigenvalue weighted by Gasteiger charge is 2.28. The zero-order valence-corrected chi connectivity index (χ0v) is 23.6. The van der Waals surface area contributed by atoms with Crippen LogP contribution in [0.15, 0.2) is 97.1 Å². The van der Waals surface area contributed by atoms with Crippen LogP contribution in [0.5, 0.6) is 0 Å². The Morgan fingerprint density at radius 3 is 1.38 bits per heavy atom. The van der Waals surface area contributed by atoms with Crippen LogP contribution >= 0.6 is 0 Å². The topological polar surface area (TPSA) is 158 Å². The molecule has 7 rings (SSSR count). The summed E-state index contributed by atoms with van der Waals surface area (Å²) in [4.78, 5) is 64.7. The molecule has 4 aromatic carbocycles. The molecule has 0 unspecified atom stereocenters. The van der Waals surface area contributed by atoms with E-state index in [0.717, 1.165) is 11.1 Å². The average Bonchev–Trinajstić information content (AvgIpc) is 3.49. The summed E-state index contributed by atoms with van der Waals surface area (Å²) in [6.07, 6.45) is 0. The number of carbonyl (C=O) groups excluding carboxylic acids is 4. The molecule has 12 nitrogen and oxygen atoms in total. The van der Waals surface area contributed by atoms with Gasteiger partial charge in [-0.05, 0) is 47.5 Å². The normalized spacial score (nSPS) is 13.2. The van der Waals surface area contributed by atoms with Crippen LogP contribution < -0.4 is 26.2 Å². The Labute approximate surface area is 256 Å². The minimum atomic E-state index is -0.478. The molecule has 3 heterocycles. The van der Waals surface area contributed by atoms with Gasteiger partial charge in [0, 0.05) is 24.5 Å². The third-order valence-corrected chi connectivity index (χ3v) is 7.32. The van der Waals surface area contributed by atoms with E-state index in [-0.39, 0.29) is 23.0 Å². The van der Waals surface area contributed by atoms with Crippen molar-refractivity contribution in [3.8, 4) is 0 Å². The lowest BCUT2D eigenvalue weighted by atomic mass is 10.1. The Bertz CT molecular complexity index is 1860. The molecule has 0 saturated carbocycles. The lowest BCUT2D eigenvalue weighted by Crippen LogP contribution is -2.25. The summed E-state index contributed by atoms with van der Waals surface area (Å²) < 4.78 is 0. The largest absolute Gasteiger partial charge is 0.332 e. The van der Waals surface area contributed by atoms with Gasteiger partial charge in [-0.1, -0.05) is 60.7 Å². The zero-order chi connectivity index (χ0) is 30.9. The SMILES string of the molecule is O=C1NC(=O)c2cc(Nc3nc(Nc4ccc5c(c4)C(=O)NC5=O)nc(N(Cc4ccccc4)Cc4ccccc4)n3)ccc21. The highest BCUT2D eigenvalue weighted by atomic mass is 16.2. The van der Waals surface area contributed by atoms with Crippen LogP contribution in [-0.2, 0) is 13.1 Å². The fraction of sp³-hybridized carbons (Fsp3) is 0.0606. The van der Waals surface area contributed by atoms with E-state index in [2.05, 4.69) is 26.3 Å². The van der Waals surface area contributed by atoms with Crippen LogP contribution in [0.2, 0.25) is 0 Å². The van der Waals surface area contributed by atoms with E-state index in [1.165, 1.54) is 0 Å². The van der Waals surface area contributed by atoms with Crippen molar-refractivity contribution in [2.75, 3.05) is 15.5 Å². The van der Waals surface area contributed by atoms with Gasteiger partial charge in [0.25, 0.3) is 23.6 Å². The maximum absolute atomic E-state index is 12.3. The molecule has 12 heteroatoms. The number of imide groups is 2. The predicted molar refractivity (Wildman–Crippen MR) is 166 cm³/mol. The van der Waals surface area contributed by atoms with Crippen molar-refractivity contribution in [3.63, 3.8) is 0 Å². The van der Waals surface area contributed by atoms with Gasteiger partial charge in [0.2, 0.25) is 17.8 Å². The number of fused-ring (bicyclic) bond motifs is 2. The Kier molecular flexibility index (Phi) is 6.91. The van der Waals surface area contributed by atoms with Crippen LogP contribution in [0.3, 0.4) is 0 Å². The van der Waals surface area contributed by atoms with Crippen LogP contribution in [-0.4, -0.2) is 38.6 Å². The third kappa shape index (κ3) is 5.67. The van der Waals surface area contributed by atoms with Gasteiger partial charge < -0.3 is 15.5 Å². The highest BCUT2D eigenvalue weighted by Crippen LogP contribution is 2.27. The first-order valence-corrected chi connectivity index (χ1v) is 14.0. The molecule has 220 valence electrons. The number of carbonyl (C=O) groups is 4. The van der Waals surface area contributed by atoms with Crippen molar-refractivity contribution < 1.29 is 19.2 Å². The van der Waals surface area contributed by atoms with E-state index in [0.29, 0.717) is 41.5 Å². The number of rotatable bonds is 9.